The van der Waals surface area contributed by atoms with Crippen LogP contribution in [-0.2, 0) is 0 Å². The number of hydrogen-bond acceptors (Lipinski definition) is 0. The van der Waals surface area contributed by atoms with Crippen LogP contribution >= 0.6 is 0 Å². The summed E-state index contributed by atoms with van der Waals surface area (Å²) >= 11 is 0. The predicted octanol–water partition coefficient (Wildman–Crippen LogP) is 9.35. The van der Waals surface area contributed by atoms with Crippen molar-refractivity contribution < 1.29 is 0 Å². The van der Waals surface area contributed by atoms with Gasteiger partial charge in [0.15, 0.2) is 0 Å². The van der Waals surface area contributed by atoms with Gasteiger partial charge in [0, 0.05) is 8.07 Å². The van der Waals surface area contributed by atoms with E-state index in [1.54, 1.807) is 0 Å². The van der Waals surface area contributed by atoms with Crippen LogP contribution in [-0.4, -0.2) is 24.2 Å². The number of rotatable bonds is 18. The van der Waals surface area contributed by atoms with Gasteiger partial charge in [-0.25, -0.2) is 0 Å². The Morgan fingerprint density at radius 2 is 0.724 bits per heavy atom. The average molecular weight is 445 g/mol. The fourth-order valence-corrected chi connectivity index (χ4v) is 33.8. The van der Waals surface area contributed by atoms with Crippen molar-refractivity contribution in [3.05, 3.63) is 75.9 Å². The molecule has 0 aromatic heterocycles. The van der Waals surface area contributed by atoms with E-state index in [2.05, 4.69) is 103 Å². The van der Waals surface area contributed by atoms with Crippen molar-refractivity contribution in [2.45, 2.75) is 86.4 Å². The first-order valence-corrected chi connectivity index (χ1v) is 20.0. The van der Waals surface area contributed by atoms with Gasteiger partial charge in [-0.05, 0) is 46.6 Å². The van der Waals surface area contributed by atoms with Crippen LogP contribution in [0.4, 0.5) is 0 Å². The van der Waals surface area contributed by atoms with Gasteiger partial charge in [-0.15, -0.1) is 39.5 Å². The minimum atomic E-state index is -1.63. The van der Waals surface area contributed by atoms with Crippen LogP contribution in [0.15, 0.2) is 75.9 Å². The Hall–Kier alpha value is -0.909. The monoisotopic (exact) mass is 444 g/mol. The van der Waals surface area contributed by atoms with Crippen LogP contribution in [0, 0.1) is 0 Å². The highest BCUT2D eigenvalue weighted by atomic mass is 28.4. The molecule has 0 saturated carbocycles. The summed E-state index contributed by atoms with van der Waals surface area (Å²) in [6.45, 7) is 35.2. The quantitative estimate of drug-likeness (QED) is 0.146. The molecule has 0 aromatic rings. The SMILES string of the molecule is C=CC[Si](CC=C)(CC=C)C(CC)[Si](C)(C)C(CC)[Si](CC=C)(CC=C)CC=C. The molecule has 0 bridgehead atoms. The summed E-state index contributed by atoms with van der Waals surface area (Å²) < 4.78 is 0. The standard InChI is InChI=1S/C26H48Si3/c1-11-19-28(20-12-2,21-13-3)25(17-7)27(9,10)26(18-8)29(22-14-4,23-15-5)24-16-6/h11-16,25-26H,1-6,17-24H2,7-10H3. The second-order valence-electron chi connectivity index (χ2n) is 9.42. The molecule has 0 saturated heterocycles. The molecule has 2 atom stereocenters. The van der Waals surface area contributed by atoms with E-state index in [4.69, 9.17) is 0 Å². The lowest BCUT2D eigenvalue weighted by Crippen LogP contribution is -2.59. The van der Waals surface area contributed by atoms with Gasteiger partial charge in [-0.3, -0.25) is 0 Å². The molecule has 0 radical (unpaired) electrons. The maximum atomic E-state index is 4.16. The highest BCUT2D eigenvalue weighted by Gasteiger charge is 2.54. The molecule has 0 heterocycles. The summed E-state index contributed by atoms with van der Waals surface area (Å²) in [4.78, 5) is 0. The van der Waals surface area contributed by atoms with Crippen molar-refractivity contribution in [2.75, 3.05) is 0 Å². The molecular weight excluding hydrogens is 397 g/mol. The molecule has 3 heteroatoms. The average Bonchev–Trinajstić information content (AvgIpc) is 2.63. The Bertz CT molecular complexity index is 457. The summed E-state index contributed by atoms with van der Waals surface area (Å²) in [5, 5.41) is 1.67. The van der Waals surface area contributed by atoms with Gasteiger partial charge in [0.05, 0.1) is 16.1 Å². The minimum Gasteiger partial charge on any atom is -0.103 e. The molecule has 0 aromatic carbocycles. The minimum absolute atomic E-state index is 0.834. The second-order valence-corrected chi connectivity index (χ2v) is 24.9. The zero-order chi connectivity index (χ0) is 22.6. The van der Waals surface area contributed by atoms with Crippen molar-refractivity contribution in [1.29, 1.82) is 0 Å². The third kappa shape index (κ3) is 6.53. The molecule has 0 spiro atoms. The molecule has 0 nitrogen and oxygen atoms in total. The van der Waals surface area contributed by atoms with Gasteiger partial charge < -0.3 is 0 Å². The molecule has 0 amide bonds. The zero-order valence-electron chi connectivity index (χ0n) is 20.0. The summed E-state index contributed by atoms with van der Waals surface area (Å²) in [7, 11) is -4.89. The fourth-order valence-electron chi connectivity index (χ4n) is 6.82. The van der Waals surface area contributed by atoms with Crippen LogP contribution in [0.5, 0.6) is 0 Å². The maximum Gasteiger partial charge on any atom is 0.0652 e. The first kappa shape index (κ1) is 28.1. The van der Waals surface area contributed by atoms with E-state index in [0.29, 0.717) is 0 Å². The third-order valence-corrected chi connectivity index (χ3v) is 30.3. The summed E-state index contributed by atoms with van der Waals surface area (Å²) in [6, 6.07) is 7.06. The molecule has 0 rings (SSSR count). The van der Waals surface area contributed by atoms with Crippen LogP contribution in [0.1, 0.15) is 26.7 Å². The molecule has 0 aliphatic carbocycles. The van der Waals surface area contributed by atoms with Gasteiger partial charge >= 0.3 is 0 Å². The summed E-state index contributed by atoms with van der Waals surface area (Å²) in [6.07, 6.45) is 15.7. The van der Waals surface area contributed by atoms with Crippen LogP contribution in [0.3, 0.4) is 0 Å². The van der Waals surface area contributed by atoms with Crippen molar-refractivity contribution in [3.63, 3.8) is 0 Å². The highest BCUT2D eigenvalue weighted by molar-refractivity contribution is 7.07. The van der Waals surface area contributed by atoms with E-state index in [0.717, 1.165) is 10.3 Å². The molecule has 2 unspecified atom stereocenters. The zero-order valence-corrected chi connectivity index (χ0v) is 23.0. The molecule has 0 N–H and O–H groups in total. The molecule has 0 aliphatic rings. The van der Waals surface area contributed by atoms with Crippen LogP contribution in [0.25, 0.3) is 0 Å². The van der Waals surface area contributed by atoms with Gasteiger partial charge in [0.1, 0.15) is 0 Å². The third-order valence-electron chi connectivity index (χ3n) is 7.40. The van der Waals surface area contributed by atoms with E-state index in [1.807, 2.05) is 0 Å². The molecule has 0 fully saturated rings. The lowest BCUT2D eigenvalue weighted by Gasteiger charge is -2.53. The Labute approximate surface area is 186 Å². The van der Waals surface area contributed by atoms with Crippen molar-refractivity contribution in [1.82, 2.24) is 0 Å². The Balaban J connectivity index is 6.65. The lowest BCUT2D eigenvalue weighted by molar-refractivity contribution is 0.855. The largest absolute Gasteiger partial charge is 0.103 e. The normalized spacial score (nSPS) is 14.5. The number of hydrogen-bond donors (Lipinski definition) is 0. The predicted molar refractivity (Wildman–Crippen MR) is 147 cm³/mol. The van der Waals surface area contributed by atoms with E-state index >= 15 is 0 Å². The smallest absolute Gasteiger partial charge is 0.0652 e. The summed E-state index contributed by atoms with van der Waals surface area (Å²) in [5.74, 6) is 0. The highest BCUT2D eigenvalue weighted by Crippen LogP contribution is 2.53. The molecule has 0 aliphatic heterocycles. The molecule has 29 heavy (non-hydrogen) atoms. The van der Waals surface area contributed by atoms with Crippen molar-refractivity contribution >= 4 is 24.2 Å². The fraction of sp³-hybridized carbons (Fsp3) is 0.538. The second kappa shape index (κ2) is 13.4. The Morgan fingerprint density at radius 3 is 0.862 bits per heavy atom. The van der Waals surface area contributed by atoms with Gasteiger partial charge in [-0.1, -0.05) is 76.2 Å². The molecule has 164 valence electrons. The first-order valence-electron chi connectivity index (χ1n) is 11.4. The first-order chi connectivity index (χ1) is 13.7. The molecular formula is C26H48Si3. The van der Waals surface area contributed by atoms with E-state index < -0.39 is 24.2 Å². The lowest BCUT2D eigenvalue weighted by atomic mass is 10.5. The van der Waals surface area contributed by atoms with E-state index in [1.165, 1.54) is 49.1 Å². The van der Waals surface area contributed by atoms with Gasteiger partial charge in [0.2, 0.25) is 0 Å². The van der Waals surface area contributed by atoms with Crippen molar-refractivity contribution in [2.24, 2.45) is 0 Å². The Morgan fingerprint density at radius 1 is 0.517 bits per heavy atom. The van der Waals surface area contributed by atoms with Crippen LogP contribution in [0.2, 0.25) is 59.7 Å². The van der Waals surface area contributed by atoms with Gasteiger partial charge in [0.25, 0.3) is 0 Å². The maximum absolute atomic E-state index is 4.16. The number of allylic oxidation sites excluding steroid dienone is 6. The van der Waals surface area contributed by atoms with Gasteiger partial charge in [-0.2, -0.15) is 0 Å². The van der Waals surface area contributed by atoms with Crippen LogP contribution < -0.4 is 0 Å². The summed E-state index contributed by atoms with van der Waals surface area (Å²) in [5.41, 5.74) is 0. The van der Waals surface area contributed by atoms with E-state index in [-0.39, 0.29) is 0 Å². The Kier molecular flexibility index (Phi) is 13.0. The topological polar surface area (TPSA) is 0 Å². The van der Waals surface area contributed by atoms with Crippen molar-refractivity contribution in [3.8, 4) is 0 Å². The van der Waals surface area contributed by atoms with E-state index in [9.17, 15) is 0 Å².